The molecule has 9 heteroatoms. The van der Waals surface area contributed by atoms with Crippen LogP contribution >= 0.6 is 22.6 Å². The maximum Gasteiger partial charge on any atom is 0.264 e. The number of anilines is 1. The van der Waals surface area contributed by atoms with E-state index in [1.807, 2.05) is 58.3 Å². The van der Waals surface area contributed by atoms with Crippen LogP contribution in [0.1, 0.15) is 37.3 Å². The second kappa shape index (κ2) is 12.2. The van der Waals surface area contributed by atoms with Crippen molar-refractivity contribution in [3.8, 4) is 5.75 Å². The molecule has 6 rings (SSSR count). The molecule has 5 atom stereocenters. The zero-order chi connectivity index (χ0) is 31.2. The van der Waals surface area contributed by atoms with Gasteiger partial charge in [-0.25, -0.2) is 0 Å². The number of para-hydroxylation sites is 1. The molecule has 2 saturated heterocycles. The number of benzene rings is 3. The molecule has 3 aromatic rings. The van der Waals surface area contributed by atoms with Gasteiger partial charge in [0.15, 0.2) is 5.60 Å². The Hall–Kier alpha value is -2.73. The van der Waals surface area contributed by atoms with Crippen molar-refractivity contribution in [3.05, 3.63) is 87.5 Å². The predicted octanol–water partition coefficient (Wildman–Crippen LogP) is 5.44. The van der Waals surface area contributed by atoms with Gasteiger partial charge >= 0.3 is 0 Å². The highest BCUT2D eigenvalue weighted by molar-refractivity contribution is 14.1. The average molecular weight is 725 g/mol. The van der Waals surface area contributed by atoms with Crippen molar-refractivity contribution in [2.24, 2.45) is 5.92 Å². The van der Waals surface area contributed by atoms with Crippen LogP contribution in [0.15, 0.2) is 72.8 Å². The zero-order valence-corrected chi connectivity index (χ0v) is 29.0. The maximum atomic E-state index is 14.8. The molecule has 44 heavy (non-hydrogen) atoms. The Morgan fingerprint density at radius 3 is 2.57 bits per heavy atom. The van der Waals surface area contributed by atoms with Crippen LogP contribution in [0.25, 0.3) is 0 Å². The van der Waals surface area contributed by atoms with E-state index in [-0.39, 0.29) is 42.3 Å². The molecule has 1 spiro atoms. The molecule has 0 aromatic heterocycles. The van der Waals surface area contributed by atoms with Gasteiger partial charge in [0.05, 0.1) is 52.6 Å². The largest absolute Gasteiger partial charge is 0.497 e. The Labute approximate surface area is 274 Å². The predicted molar refractivity (Wildman–Crippen MR) is 183 cm³/mol. The molecule has 0 radical (unpaired) electrons. The van der Waals surface area contributed by atoms with Gasteiger partial charge in [-0.2, -0.15) is 0 Å². The summed E-state index contributed by atoms with van der Waals surface area (Å²) in [5.41, 5.74) is 1.61. The molecule has 2 fully saturated rings. The number of hydrogen-bond acceptors (Lipinski definition) is 5. The van der Waals surface area contributed by atoms with Crippen molar-refractivity contribution in [2.45, 2.75) is 69.1 Å². The average Bonchev–Trinajstić information content (AvgIpc) is 3.68. The van der Waals surface area contributed by atoms with Gasteiger partial charge in [0, 0.05) is 21.6 Å². The number of fused-ring (bicyclic) bond motifs is 2. The molecule has 0 bridgehead atoms. The Morgan fingerprint density at radius 1 is 1.11 bits per heavy atom. The van der Waals surface area contributed by atoms with Gasteiger partial charge < -0.3 is 24.4 Å². The van der Waals surface area contributed by atoms with E-state index in [1.54, 1.807) is 7.11 Å². The van der Waals surface area contributed by atoms with Gasteiger partial charge in [-0.15, -0.1) is 0 Å². The Bertz CT molecular complexity index is 1550. The van der Waals surface area contributed by atoms with E-state index in [0.29, 0.717) is 13.1 Å². The molecule has 0 saturated carbocycles. The minimum Gasteiger partial charge on any atom is -0.497 e. The van der Waals surface area contributed by atoms with Gasteiger partial charge in [0.1, 0.15) is 5.75 Å². The normalized spacial score (nSPS) is 26.5. The summed E-state index contributed by atoms with van der Waals surface area (Å²) in [5.74, 6) is 0.562. The second-order valence-corrected chi connectivity index (χ2v) is 18.9. The molecule has 2 amide bonds. The number of aliphatic hydroxyl groups excluding tert-OH is 1. The molecule has 7 nitrogen and oxygen atoms in total. The summed E-state index contributed by atoms with van der Waals surface area (Å²) in [6, 6.07) is 24.3. The summed E-state index contributed by atoms with van der Waals surface area (Å²) in [5, 5.41) is 11.2. The Morgan fingerprint density at radius 2 is 1.86 bits per heavy atom. The van der Waals surface area contributed by atoms with Crippen molar-refractivity contribution in [3.63, 3.8) is 0 Å². The number of amides is 2. The Balaban J connectivity index is 1.42. The number of hydrogen-bond donors (Lipinski definition) is 1. The highest BCUT2D eigenvalue weighted by atomic mass is 127. The summed E-state index contributed by atoms with van der Waals surface area (Å²) in [6.45, 7) is 7.88. The first-order valence-corrected chi connectivity index (χ1v) is 19.7. The molecule has 0 aliphatic carbocycles. The van der Waals surface area contributed by atoms with E-state index >= 15 is 0 Å². The second-order valence-electron chi connectivity index (χ2n) is 13.0. The standard InChI is InChI=1S/C35H41IN2O5Si/c1-23-33(44(3,4)28-16-14-27(42-2)15-17-28)31(20-32(40)37-18-8-11-26(37)22-39)43-35(23)29-12-5-6-13-30(29)38(34(35)41)21-24-9-7-10-25(36)19-24/h5-7,9-10,12-17,19,23,26,31,33,39H,8,11,18,20-22H2,1-4H3/t23-,26-,31+,33-,35+/m0/s1. The lowest BCUT2D eigenvalue weighted by molar-refractivity contribution is -0.150. The minimum absolute atomic E-state index is 0.00483. The summed E-state index contributed by atoms with van der Waals surface area (Å²) in [7, 11) is -0.695. The molecule has 1 N–H and O–H groups in total. The van der Waals surface area contributed by atoms with Crippen LogP contribution in [0.5, 0.6) is 5.75 Å². The third-order valence-electron chi connectivity index (χ3n) is 10.3. The smallest absolute Gasteiger partial charge is 0.264 e. The molecule has 3 heterocycles. The monoisotopic (exact) mass is 724 g/mol. The first-order chi connectivity index (χ1) is 21.1. The van der Waals surface area contributed by atoms with Gasteiger partial charge in [-0.3, -0.25) is 9.59 Å². The highest BCUT2D eigenvalue weighted by Gasteiger charge is 2.66. The van der Waals surface area contributed by atoms with E-state index in [2.05, 4.69) is 66.9 Å². The third kappa shape index (κ3) is 5.19. The molecule has 3 aromatic carbocycles. The summed E-state index contributed by atoms with van der Waals surface area (Å²) >= 11 is 2.30. The molecule has 0 unspecified atom stereocenters. The highest BCUT2D eigenvalue weighted by Crippen LogP contribution is 2.60. The molecule has 3 aliphatic heterocycles. The maximum absolute atomic E-state index is 14.8. The lowest BCUT2D eigenvalue weighted by Gasteiger charge is -2.37. The number of nitrogens with zero attached hydrogens (tertiary/aromatic N) is 2. The molecule has 232 valence electrons. The van der Waals surface area contributed by atoms with Crippen LogP contribution < -0.4 is 14.8 Å². The van der Waals surface area contributed by atoms with Gasteiger partial charge in [0.2, 0.25) is 5.91 Å². The Kier molecular flexibility index (Phi) is 8.68. The van der Waals surface area contributed by atoms with Crippen molar-refractivity contribution in [1.29, 1.82) is 0 Å². The van der Waals surface area contributed by atoms with Crippen molar-refractivity contribution >= 4 is 53.4 Å². The molecular weight excluding hydrogens is 683 g/mol. The van der Waals surface area contributed by atoms with E-state index in [9.17, 15) is 14.7 Å². The van der Waals surface area contributed by atoms with Crippen molar-refractivity contribution in [2.75, 3.05) is 25.2 Å². The topological polar surface area (TPSA) is 79.3 Å². The summed E-state index contributed by atoms with van der Waals surface area (Å²) < 4.78 is 13.7. The number of aliphatic hydroxyl groups is 1. The van der Waals surface area contributed by atoms with E-state index in [4.69, 9.17) is 9.47 Å². The van der Waals surface area contributed by atoms with Crippen molar-refractivity contribution in [1.82, 2.24) is 4.90 Å². The summed E-state index contributed by atoms with van der Waals surface area (Å²) in [6.07, 6.45) is 1.43. The van der Waals surface area contributed by atoms with E-state index < -0.39 is 19.8 Å². The van der Waals surface area contributed by atoms with Crippen LogP contribution in [-0.4, -0.2) is 62.3 Å². The van der Waals surface area contributed by atoms with Crippen LogP contribution in [0, 0.1) is 9.49 Å². The number of methoxy groups -OCH3 is 1. The fraction of sp³-hybridized carbons (Fsp3) is 0.429. The number of halogens is 1. The third-order valence-corrected chi connectivity index (χ3v) is 15.3. The molecule has 3 aliphatic rings. The number of carbonyl (C=O) groups is 2. The van der Waals surface area contributed by atoms with Gasteiger partial charge in [0.25, 0.3) is 5.91 Å². The number of ether oxygens (including phenoxy) is 2. The lowest BCUT2D eigenvalue weighted by Crippen LogP contribution is -2.52. The molecular formula is C35H41IN2O5Si. The van der Waals surface area contributed by atoms with Crippen LogP contribution in [0.4, 0.5) is 5.69 Å². The quantitative estimate of drug-likeness (QED) is 0.248. The van der Waals surface area contributed by atoms with Gasteiger partial charge in [-0.05, 0) is 76.9 Å². The lowest BCUT2D eigenvalue weighted by atomic mass is 9.82. The van der Waals surface area contributed by atoms with Gasteiger partial charge in [-0.1, -0.05) is 67.7 Å². The van der Waals surface area contributed by atoms with E-state index in [0.717, 1.165) is 39.0 Å². The van der Waals surface area contributed by atoms with E-state index in [1.165, 1.54) is 5.19 Å². The van der Waals surface area contributed by atoms with Crippen molar-refractivity contribution < 1.29 is 24.2 Å². The number of likely N-dealkylation sites (tertiary alicyclic amines) is 1. The minimum atomic E-state index is -2.36. The summed E-state index contributed by atoms with van der Waals surface area (Å²) in [4.78, 5) is 32.4. The van der Waals surface area contributed by atoms with Crippen LogP contribution in [-0.2, 0) is 26.5 Å². The fourth-order valence-corrected chi connectivity index (χ4v) is 12.7. The van der Waals surface area contributed by atoms with Crippen LogP contribution in [0.2, 0.25) is 18.6 Å². The first kappa shape index (κ1) is 31.3. The SMILES string of the molecule is COc1ccc([Si](C)(C)[C@@H]2[C@@H](CC(=O)N3CCC[C@H]3CO)O[C@]3(C(=O)N(Cc4cccc(I)c4)c4ccccc43)[C@H]2C)cc1. The first-order valence-electron chi connectivity index (χ1n) is 15.5. The fourth-order valence-electron chi connectivity index (χ4n) is 8.09. The number of rotatable bonds is 8. The number of carbonyl (C=O) groups excluding carboxylic acids is 2. The van der Waals surface area contributed by atoms with Crippen LogP contribution in [0.3, 0.4) is 0 Å². The zero-order valence-electron chi connectivity index (χ0n) is 25.8.